The van der Waals surface area contributed by atoms with Gasteiger partial charge in [0.25, 0.3) is 15.7 Å². The second kappa shape index (κ2) is 12.1. The maximum absolute atomic E-state index is 14.3. The highest BCUT2D eigenvalue weighted by Crippen LogP contribution is 2.39. The number of carbonyl (C=O) groups is 1. The van der Waals surface area contributed by atoms with Crippen molar-refractivity contribution in [2.45, 2.75) is 51.2 Å². The summed E-state index contributed by atoms with van der Waals surface area (Å²) in [4.78, 5) is 29.9. The molecule has 3 aromatic heterocycles. The summed E-state index contributed by atoms with van der Waals surface area (Å²) in [6.07, 6.45) is 5.28. The molecule has 0 saturated carbocycles. The zero-order valence-electron chi connectivity index (χ0n) is 26.5. The van der Waals surface area contributed by atoms with Crippen molar-refractivity contribution in [1.29, 1.82) is 0 Å². The molecule has 0 atom stereocenters. The minimum absolute atomic E-state index is 0.0321. The third-order valence-electron chi connectivity index (χ3n) is 7.86. The van der Waals surface area contributed by atoms with Crippen molar-refractivity contribution >= 4 is 38.4 Å². The van der Waals surface area contributed by atoms with Crippen molar-refractivity contribution in [1.82, 2.24) is 23.6 Å². The molecular weight excluding hydrogens is 620 g/mol. The average Bonchev–Trinajstić information content (AvgIpc) is 3.67. The van der Waals surface area contributed by atoms with Gasteiger partial charge in [-0.1, -0.05) is 24.3 Å². The Kier molecular flexibility index (Phi) is 8.18. The van der Waals surface area contributed by atoms with Crippen LogP contribution >= 0.6 is 0 Å². The van der Waals surface area contributed by atoms with Gasteiger partial charge in [-0.2, -0.15) is 5.10 Å². The summed E-state index contributed by atoms with van der Waals surface area (Å²) >= 11 is 0. The molecule has 12 nitrogen and oxygen atoms in total. The molecule has 4 heterocycles. The molecule has 2 aromatic carbocycles. The van der Waals surface area contributed by atoms with Crippen LogP contribution in [-0.2, 0) is 21.3 Å². The Morgan fingerprint density at radius 3 is 2.38 bits per heavy atom. The molecule has 0 spiro atoms. The summed E-state index contributed by atoms with van der Waals surface area (Å²) in [6.45, 7) is 8.56. The van der Waals surface area contributed by atoms with Crippen molar-refractivity contribution in [2.24, 2.45) is 0 Å². The van der Waals surface area contributed by atoms with E-state index < -0.39 is 26.6 Å². The van der Waals surface area contributed by atoms with Crippen LogP contribution in [0.15, 0.2) is 90.1 Å². The molecule has 1 aliphatic heterocycles. The van der Waals surface area contributed by atoms with Gasteiger partial charge in [-0.05, 0) is 81.7 Å². The van der Waals surface area contributed by atoms with E-state index in [0.29, 0.717) is 47.4 Å². The van der Waals surface area contributed by atoms with Gasteiger partial charge in [0, 0.05) is 60.7 Å². The molecule has 13 heteroatoms. The van der Waals surface area contributed by atoms with Gasteiger partial charge in [-0.3, -0.25) is 14.8 Å². The third kappa shape index (κ3) is 6.13. The lowest BCUT2D eigenvalue weighted by atomic mass is 9.99. The molecule has 47 heavy (non-hydrogen) atoms. The summed E-state index contributed by atoms with van der Waals surface area (Å²) in [6, 6.07) is 18.0. The first-order valence-corrected chi connectivity index (χ1v) is 16.6. The maximum atomic E-state index is 14.3. The highest BCUT2D eigenvalue weighted by atomic mass is 32.2. The van der Waals surface area contributed by atoms with Crippen molar-refractivity contribution in [3.63, 3.8) is 0 Å². The van der Waals surface area contributed by atoms with E-state index in [9.17, 15) is 23.3 Å². The number of fused-ring (bicyclic) bond motifs is 1. The predicted molar refractivity (Wildman–Crippen MR) is 178 cm³/mol. The standard InChI is InChI=1S/C34H34N6O6S/c1-5-38-22-29(31(36-38)24-11-13-25(14-12-24)40(42)43)27-15-18-35-32-28(27)21-30(39(32)47(44,45)26-9-7-6-8-10-26)23-16-19-37(20-17-23)33(41)46-34(2,3)4/h6-16,18,21-22H,5,17,19-20H2,1-4H3. The van der Waals surface area contributed by atoms with Crippen LogP contribution in [0.2, 0.25) is 0 Å². The number of nitrogens with zero attached hydrogens (tertiary/aromatic N) is 6. The number of non-ortho nitro benzene ring substituents is 1. The molecule has 0 fully saturated rings. The number of nitro groups is 1. The normalized spacial score (nSPS) is 13.9. The molecule has 0 N–H and O–H groups in total. The largest absolute Gasteiger partial charge is 0.444 e. The van der Waals surface area contributed by atoms with E-state index >= 15 is 0 Å². The summed E-state index contributed by atoms with van der Waals surface area (Å²) in [7, 11) is -4.11. The smallest absolute Gasteiger partial charge is 0.410 e. The Labute approximate surface area is 272 Å². The van der Waals surface area contributed by atoms with Crippen LogP contribution in [0.25, 0.3) is 39.0 Å². The van der Waals surface area contributed by atoms with Crippen molar-refractivity contribution < 1.29 is 22.9 Å². The molecular formula is C34H34N6O6S. The van der Waals surface area contributed by atoms with Crippen LogP contribution in [0.3, 0.4) is 0 Å². The minimum atomic E-state index is -4.11. The number of hydrogen-bond donors (Lipinski definition) is 0. The van der Waals surface area contributed by atoms with E-state index in [4.69, 9.17) is 9.84 Å². The molecule has 0 saturated heterocycles. The molecule has 0 unspecified atom stereocenters. The first-order valence-electron chi connectivity index (χ1n) is 15.2. The highest BCUT2D eigenvalue weighted by molar-refractivity contribution is 7.90. The lowest BCUT2D eigenvalue weighted by Crippen LogP contribution is -2.39. The molecule has 0 bridgehead atoms. The number of amides is 1. The van der Waals surface area contributed by atoms with E-state index in [1.165, 1.54) is 16.1 Å². The van der Waals surface area contributed by atoms with Gasteiger partial charge in [-0.15, -0.1) is 0 Å². The zero-order valence-corrected chi connectivity index (χ0v) is 27.3. The van der Waals surface area contributed by atoms with Gasteiger partial charge in [0.05, 0.1) is 15.5 Å². The summed E-state index contributed by atoms with van der Waals surface area (Å²) in [5, 5.41) is 16.6. The Hall–Kier alpha value is -5.30. The number of aromatic nitrogens is 4. The Morgan fingerprint density at radius 2 is 1.77 bits per heavy atom. The van der Waals surface area contributed by atoms with Gasteiger partial charge in [0.2, 0.25) is 0 Å². The summed E-state index contributed by atoms with van der Waals surface area (Å²) < 4.78 is 37.2. The molecule has 0 radical (unpaired) electrons. The molecule has 0 aliphatic carbocycles. The van der Waals surface area contributed by atoms with Gasteiger partial charge in [0.1, 0.15) is 11.3 Å². The monoisotopic (exact) mass is 654 g/mol. The van der Waals surface area contributed by atoms with E-state index in [2.05, 4.69) is 4.98 Å². The summed E-state index contributed by atoms with van der Waals surface area (Å²) in [5.74, 6) is 0. The number of pyridine rings is 1. The van der Waals surface area contributed by atoms with E-state index in [0.717, 1.165) is 11.1 Å². The molecule has 1 aliphatic rings. The third-order valence-corrected chi connectivity index (χ3v) is 9.58. The lowest BCUT2D eigenvalue weighted by molar-refractivity contribution is -0.384. The predicted octanol–water partition coefficient (Wildman–Crippen LogP) is 6.76. The Morgan fingerprint density at radius 1 is 1.04 bits per heavy atom. The number of ether oxygens (including phenoxy) is 1. The molecule has 5 aromatic rings. The minimum Gasteiger partial charge on any atom is -0.444 e. The Balaban J connectivity index is 1.53. The number of hydrogen-bond acceptors (Lipinski definition) is 8. The fraction of sp³-hybridized carbons (Fsp3) is 0.265. The molecule has 6 rings (SSSR count). The summed E-state index contributed by atoms with van der Waals surface area (Å²) in [5.41, 5.74) is 3.49. The van der Waals surface area contributed by atoms with Gasteiger partial charge >= 0.3 is 6.09 Å². The first-order chi connectivity index (χ1) is 22.4. The van der Waals surface area contributed by atoms with Gasteiger partial charge in [-0.25, -0.2) is 22.2 Å². The number of carbonyl (C=O) groups excluding carboxylic acids is 1. The van der Waals surface area contributed by atoms with Crippen LogP contribution in [0.1, 0.15) is 39.8 Å². The zero-order chi connectivity index (χ0) is 33.5. The maximum Gasteiger partial charge on any atom is 0.410 e. The SMILES string of the molecule is CCn1cc(-c2ccnc3c2cc(C2=CCN(C(=O)OC(C)(C)C)CC2)n3S(=O)(=O)c2ccccc2)c(-c2ccc([N+](=O)[O-])cc2)n1. The number of nitro benzene ring substituents is 1. The van der Waals surface area contributed by atoms with Gasteiger partial charge < -0.3 is 9.64 Å². The van der Waals surface area contributed by atoms with Crippen molar-refractivity contribution in [3.05, 3.63) is 101 Å². The first kappa shape index (κ1) is 31.7. The van der Waals surface area contributed by atoms with Crippen molar-refractivity contribution in [2.75, 3.05) is 13.1 Å². The number of aryl methyl sites for hydroxylation is 1. The lowest BCUT2D eigenvalue weighted by Gasteiger charge is -2.29. The van der Waals surface area contributed by atoms with Crippen LogP contribution in [0, 0.1) is 10.1 Å². The Bertz CT molecular complexity index is 2130. The quantitative estimate of drug-likeness (QED) is 0.138. The number of benzene rings is 2. The molecule has 1 amide bonds. The fourth-order valence-corrected chi connectivity index (χ4v) is 7.12. The fourth-order valence-electron chi connectivity index (χ4n) is 5.60. The second-order valence-corrected chi connectivity index (χ2v) is 14.0. The highest BCUT2D eigenvalue weighted by Gasteiger charge is 2.30. The van der Waals surface area contributed by atoms with Crippen molar-refractivity contribution in [3.8, 4) is 22.4 Å². The van der Waals surface area contributed by atoms with E-state index in [1.807, 2.05) is 52.1 Å². The van der Waals surface area contributed by atoms with E-state index in [-0.39, 0.29) is 22.8 Å². The number of rotatable bonds is 7. The second-order valence-electron chi connectivity index (χ2n) is 12.2. The van der Waals surface area contributed by atoms with Crippen LogP contribution < -0.4 is 0 Å². The van der Waals surface area contributed by atoms with Crippen LogP contribution in [-0.4, -0.2) is 61.8 Å². The van der Waals surface area contributed by atoms with Crippen LogP contribution in [0.4, 0.5) is 10.5 Å². The van der Waals surface area contributed by atoms with E-state index in [1.54, 1.807) is 58.2 Å². The molecule has 242 valence electrons. The van der Waals surface area contributed by atoms with Crippen LogP contribution in [0.5, 0.6) is 0 Å². The topological polar surface area (TPSA) is 142 Å². The van der Waals surface area contributed by atoms with Gasteiger partial charge in [0.15, 0.2) is 5.65 Å². The average molecular weight is 655 g/mol.